The number of carbonyl (C=O) groups excluding carboxylic acids is 1. The fourth-order valence-corrected chi connectivity index (χ4v) is 3.09. The predicted octanol–water partition coefficient (Wildman–Crippen LogP) is 3.63. The number of halogens is 1. The lowest BCUT2D eigenvalue weighted by molar-refractivity contribution is -0.121. The van der Waals surface area contributed by atoms with Gasteiger partial charge >= 0.3 is 0 Å². The first kappa shape index (κ1) is 14.2. The predicted molar refractivity (Wildman–Crippen MR) is 81.3 cm³/mol. The zero-order valence-corrected chi connectivity index (χ0v) is 13.2. The quantitative estimate of drug-likeness (QED) is 0.924. The van der Waals surface area contributed by atoms with Gasteiger partial charge in [0, 0.05) is 9.85 Å². The molecule has 100 valence electrons. The first-order chi connectivity index (χ1) is 9.06. The van der Waals surface area contributed by atoms with Gasteiger partial charge in [-0.25, -0.2) is 4.98 Å². The minimum absolute atomic E-state index is 0.00597. The van der Waals surface area contributed by atoms with E-state index in [1.165, 1.54) is 0 Å². The van der Waals surface area contributed by atoms with Crippen LogP contribution in [0, 0.1) is 6.92 Å². The van der Waals surface area contributed by atoms with Gasteiger partial charge in [-0.2, -0.15) is 0 Å². The van der Waals surface area contributed by atoms with Crippen LogP contribution in [0.15, 0.2) is 34.1 Å². The van der Waals surface area contributed by atoms with E-state index < -0.39 is 0 Å². The summed E-state index contributed by atoms with van der Waals surface area (Å²) in [5, 5.41) is 5.91. The molecule has 0 bridgehead atoms. The van der Waals surface area contributed by atoms with Crippen molar-refractivity contribution in [1.82, 2.24) is 10.3 Å². The lowest BCUT2D eigenvalue weighted by atomic mass is 10.1. The highest BCUT2D eigenvalue weighted by molar-refractivity contribution is 9.10. The van der Waals surface area contributed by atoms with Gasteiger partial charge in [0.05, 0.1) is 23.2 Å². The van der Waals surface area contributed by atoms with Crippen molar-refractivity contribution in [3.63, 3.8) is 0 Å². The summed E-state index contributed by atoms with van der Waals surface area (Å²) in [5.41, 5.74) is 1.91. The van der Waals surface area contributed by atoms with E-state index in [0.29, 0.717) is 6.42 Å². The highest BCUT2D eigenvalue weighted by Crippen LogP contribution is 2.22. The third kappa shape index (κ3) is 3.88. The van der Waals surface area contributed by atoms with Crippen molar-refractivity contribution in [2.24, 2.45) is 0 Å². The third-order valence-corrected chi connectivity index (χ3v) is 4.30. The summed E-state index contributed by atoms with van der Waals surface area (Å²) < 4.78 is 1.01. The Morgan fingerprint density at radius 3 is 2.84 bits per heavy atom. The Kier molecular flexibility index (Phi) is 4.71. The summed E-state index contributed by atoms with van der Waals surface area (Å²) in [6.07, 6.45) is 0.332. The molecular weight excluding hydrogens is 324 g/mol. The molecule has 1 aromatic heterocycles. The van der Waals surface area contributed by atoms with E-state index in [0.717, 1.165) is 20.7 Å². The van der Waals surface area contributed by atoms with Gasteiger partial charge in [-0.05, 0) is 25.5 Å². The molecule has 19 heavy (non-hydrogen) atoms. The highest BCUT2D eigenvalue weighted by Gasteiger charge is 2.13. The normalized spacial score (nSPS) is 12.2. The molecule has 2 aromatic rings. The van der Waals surface area contributed by atoms with Crippen LogP contribution in [-0.2, 0) is 11.2 Å². The van der Waals surface area contributed by atoms with Crippen molar-refractivity contribution in [3.05, 3.63) is 50.4 Å². The Labute approximate surface area is 125 Å². The number of amides is 1. The minimum Gasteiger partial charge on any atom is -0.349 e. The maximum absolute atomic E-state index is 12.0. The molecule has 2 rings (SSSR count). The van der Waals surface area contributed by atoms with Crippen LogP contribution in [0.5, 0.6) is 0 Å². The fourth-order valence-electron chi connectivity index (χ4n) is 1.85. The first-order valence-electron chi connectivity index (χ1n) is 6.01. The summed E-state index contributed by atoms with van der Waals surface area (Å²) in [6, 6.07) is 7.87. The molecule has 1 N–H and O–H groups in total. The third-order valence-electron chi connectivity index (χ3n) is 2.76. The van der Waals surface area contributed by atoms with E-state index in [1.807, 2.05) is 43.5 Å². The molecule has 0 aliphatic heterocycles. The average molecular weight is 339 g/mol. The van der Waals surface area contributed by atoms with Crippen molar-refractivity contribution in [2.75, 3.05) is 0 Å². The van der Waals surface area contributed by atoms with Gasteiger partial charge in [0.2, 0.25) is 5.91 Å². The van der Waals surface area contributed by atoms with E-state index in [-0.39, 0.29) is 11.9 Å². The van der Waals surface area contributed by atoms with E-state index in [9.17, 15) is 4.79 Å². The van der Waals surface area contributed by atoms with E-state index in [4.69, 9.17) is 0 Å². The second-order valence-electron chi connectivity index (χ2n) is 4.35. The maximum Gasteiger partial charge on any atom is 0.226 e. The molecule has 0 aliphatic rings. The van der Waals surface area contributed by atoms with Gasteiger partial charge in [-0.15, -0.1) is 11.3 Å². The van der Waals surface area contributed by atoms with Crippen molar-refractivity contribution >= 4 is 33.2 Å². The fraction of sp³-hybridized carbons (Fsp3) is 0.286. The van der Waals surface area contributed by atoms with Crippen LogP contribution in [0.4, 0.5) is 0 Å². The lowest BCUT2D eigenvalue weighted by Crippen LogP contribution is -2.28. The molecule has 0 spiro atoms. The van der Waals surface area contributed by atoms with E-state index in [2.05, 4.69) is 26.2 Å². The number of carbonyl (C=O) groups is 1. The molecule has 1 heterocycles. The second kappa shape index (κ2) is 6.30. The number of benzene rings is 1. The molecule has 1 aromatic carbocycles. The average Bonchev–Trinajstić information content (AvgIpc) is 2.74. The van der Waals surface area contributed by atoms with Gasteiger partial charge in [0.1, 0.15) is 0 Å². The summed E-state index contributed by atoms with van der Waals surface area (Å²) in [7, 11) is 0. The molecule has 0 aliphatic carbocycles. The van der Waals surface area contributed by atoms with Crippen LogP contribution in [0.2, 0.25) is 0 Å². The summed E-state index contributed by atoms with van der Waals surface area (Å²) in [6.45, 7) is 3.92. The van der Waals surface area contributed by atoms with Crippen molar-refractivity contribution in [3.8, 4) is 0 Å². The number of nitrogens with zero attached hydrogens (tertiary/aromatic N) is 1. The Balaban J connectivity index is 1.97. The van der Waals surface area contributed by atoms with Gasteiger partial charge in [-0.1, -0.05) is 34.1 Å². The first-order valence-corrected chi connectivity index (χ1v) is 7.68. The van der Waals surface area contributed by atoms with Gasteiger partial charge < -0.3 is 5.32 Å². The number of hydrogen-bond acceptors (Lipinski definition) is 3. The Hall–Kier alpha value is -1.20. The number of hydrogen-bond donors (Lipinski definition) is 1. The van der Waals surface area contributed by atoms with Gasteiger partial charge in [-0.3, -0.25) is 4.79 Å². The van der Waals surface area contributed by atoms with Crippen molar-refractivity contribution in [2.45, 2.75) is 26.3 Å². The van der Waals surface area contributed by atoms with Crippen LogP contribution in [0.25, 0.3) is 0 Å². The highest BCUT2D eigenvalue weighted by atomic mass is 79.9. The van der Waals surface area contributed by atoms with Gasteiger partial charge in [0.25, 0.3) is 0 Å². The van der Waals surface area contributed by atoms with Crippen LogP contribution >= 0.6 is 27.3 Å². The van der Waals surface area contributed by atoms with Crippen LogP contribution in [0.1, 0.15) is 29.2 Å². The smallest absolute Gasteiger partial charge is 0.226 e. The maximum atomic E-state index is 12.0. The van der Waals surface area contributed by atoms with Crippen molar-refractivity contribution in [1.29, 1.82) is 0 Å². The molecule has 0 saturated heterocycles. The summed E-state index contributed by atoms with van der Waals surface area (Å²) >= 11 is 5.06. The van der Waals surface area contributed by atoms with E-state index in [1.54, 1.807) is 11.3 Å². The molecule has 0 saturated carbocycles. The molecular formula is C14H15BrN2OS. The minimum atomic E-state index is -0.0252. The Bertz CT molecular complexity index is 582. The summed E-state index contributed by atoms with van der Waals surface area (Å²) in [4.78, 5) is 16.3. The number of aromatic nitrogens is 1. The topological polar surface area (TPSA) is 42.0 Å². The standard InChI is InChI=1S/C14H15BrN2OS/c1-9(12-5-3-4-6-13(12)15)16-14(18)7-11-8-19-10(2)17-11/h3-6,8-9H,7H2,1-2H3,(H,16,18)/t9-/m0/s1. The SMILES string of the molecule is Cc1nc(CC(=O)N[C@@H](C)c2ccccc2Br)cs1. The van der Waals surface area contributed by atoms with Gasteiger partial charge in [0.15, 0.2) is 0 Å². The number of nitrogens with one attached hydrogen (secondary N) is 1. The number of thiazole rings is 1. The zero-order valence-electron chi connectivity index (χ0n) is 10.8. The Morgan fingerprint density at radius 1 is 1.47 bits per heavy atom. The Morgan fingerprint density at radius 2 is 2.21 bits per heavy atom. The number of rotatable bonds is 4. The molecule has 0 radical (unpaired) electrons. The second-order valence-corrected chi connectivity index (χ2v) is 6.26. The van der Waals surface area contributed by atoms with E-state index >= 15 is 0 Å². The lowest BCUT2D eigenvalue weighted by Gasteiger charge is -2.15. The van der Waals surface area contributed by atoms with Crippen LogP contribution in [-0.4, -0.2) is 10.9 Å². The monoisotopic (exact) mass is 338 g/mol. The molecule has 5 heteroatoms. The van der Waals surface area contributed by atoms with Crippen molar-refractivity contribution < 1.29 is 4.79 Å². The molecule has 0 unspecified atom stereocenters. The van der Waals surface area contributed by atoms with Crippen LogP contribution < -0.4 is 5.32 Å². The molecule has 1 amide bonds. The summed E-state index contributed by atoms with van der Waals surface area (Å²) in [5.74, 6) is -0.00597. The largest absolute Gasteiger partial charge is 0.349 e. The molecule has 0 fully saturated rings. The van der Waals surface area contributed by atoms with Crippen LogP contribution in [0.3, 0.4) is 0 Å². The zero-order chi connectivity index (χ0) is 13.8. The molecule has 3 nitrogen and oxygen atoms in total. The molecule has 1 atom stereocenters. The number of aryl methyl sites for hydroxylation is 1.